The van der Waals surface area contributed by atoms with E-state index in [2.05, 4.69) is 4.98 Å². The van der Waals surface area contributed by atoms with Gasteiger partial charge in [0.25, 0.3) is 11.8 Å². The first-order chi connectivity index (χ1) is 11.7. The van der Waals surface area contributed by atoms with Crippen molar-refractivity contribution >= 4 is 11.8 Å². The lowest BCUT2D eigenvalue weighted by atomic mass is 10.1. The Hall–Kier alpha value is -1.85. The number of hydrogen-bond acceptors (Lipinski definition) is 3. The van der Waals surface area contributed by atoms with Gasteiger partial charge in [0.2, 0.25) is 0 Å². The van der Waals surface area contributed by atoms with Gasteiger partial charge in [-0.3, -0.25) is 9.59 Å². The number of piperidine rings is 1. The number of likely N-dealkylation sites (tertiary alicyclic amines) is 1. The van der Waals surface area contributed by atoms with Crippen molar-refractivity contribution < 1.29 is 9.59 Å². The van der Waals surface area contributed by atoms with E-state index in [9.17, 15) is 9.59 Å². The van der Waals surface area contributed by atoms with E-state index in [1.807, 2.05) is 23.3 Å². The van der Waals surface area contributed by atoms with Crippen LogP contribution >= 0.6 is 0 Å². The van der Waals surface area contributed by atoms with Gasteiger partial charge in [0, 0.05) is 32.7 Å². The minimum Gasteiger partial charge on any atom is -0.337 e. The Balaban J connectivity index is 1.95. The van der Waals surface area contributed by atoms with Gasteiger partial charge in [-0.2, -0.15) is 0 Å². The van der Waals surface area contributed by atoms with Crippen molar-refractivity contribution in [3.05, 3.63) is 17.2 Å². The van der Waals surface area contributed by atoms with Crippen molar-refractivity contribution in [2.45, 2.75) is 58.9 Å². The minimum atomic E-state index is -0.0548. The first-order valence-electron chi connectivity index (χ1n) is 9.35. The van der Waals surface area contributed by atoms with E-state index >= 15 is 0 Å². The van der Waals surface area contributed by atoms with Gasteiger partial charge in [-0.05, 0) is 52.4 Å². The van der Waals surface area contributed by atoms with Gasteiger partial charge >= 0.3 is 0 Å². The van der Waals surface area contributed by atoms with Crippen LogP contribution in [0.5, 0.6) is 0 Å². The van der Waals surface area contributed by atoms with Crippen LogP contribution < -0.4 is 0 Å². The predicted octanol–water partition coefficient (Wildman–Crippen LogP) is 2.33. The van der Waals surface area contributed by atoms with Crippen LogP contribution in [0.25, 0.3) is 0 Å². The average molecular weight is 332 g/mol. The van der Waals surface area contributed by atoms with Crippen molar-refractivity contribution in [3.8, 4) is 0 Å². The van der Waals surface area contributed by atoms with Crippen LogP contribution in [0.2, 0.25) is 0 Å². The third kappa shape index (κ3) is 3.06. The van der Waals surface area contributed by atoms with E-state index in [-0.39, 0.29) is 11.8 Å². The molecule has 0 aromatic carbocycles. The van der Waals surface area contributed by atoms with Crippen LogP contribution in [0.3, 0.4) is 0 Å². The average Bonchev–Trinajstić information content (AvgIpc) is 3.02. The van der Waals surface area contributed by atoms with Crippen LogP contribution in [-0.4, -0.2) is 57.3 Å². The molecule has 0 saturated carbocycles. The van der Waals surface area contributed by atoms with Crippen LogP contribution in [0.1, 0.15) is 72.8 Å². The largest absolute Gasteiger partial charge is 0.337 e. The molecule has 0 radical (unpaired) electrons. The van der Waals surface area contributed by atoms with Crippen LogP contribution in [0.4, 0.5) is 0 Å². The molecule has 6 nitrogen and oxygen atoms in total. The maximum Gasteiger partial charge on any atom is 0.289 e. The van der Waals surface area contributed by atoms with Crippen LogP contribution in [0, 0.1) is 0 Å². The lowest BCUT2D eigenvalue weighted by molar-refractivity contribution is 0.0717. The second kappa shape index (κ2) is 7.36. The fourth-order valence-electron chi connectivity index (χ4n) is 3.78. The maximum atomic E-state index is 12.9. The smallest absolute Gasteiger partial charge is 0.289 e. The van der Waals surface area contributed by atoms with Gasteiger partial charge in [0.05, 0.1) is 5.69 Å². The number of carbonyl (C=O) groups excluding carboxylic acids is 2. The highest BCUT2D eigenvalue weighted by atomic mass is 16.2. The number of carbonyl (C=O) groups is 2. The number of nitrogens with zero attached hydrogens (tertiary/aromatic N) is 4. The molecule has 1 aromatic rings. The van der Waals surface area contributed by atoms with Crippen molar-refractivity contribution in [2.75, 3.05) is 26.2 Å². The molecule has 6 heteroatoms. The molecule has 2 aliphatic rings. The first kappa shape index (κ1) is 17.0. The Labute approximate surface area is 143 Å². The normalized spacial score (nSPS) is 17.5. The topological polar surface area (TPSA) is 58.4 Å². The molecule has 0 unspecified atom stereocenters. The van der Waals surface area contributed by atoms with E-state index in [0.29, 0.717) is 24.6 Å². The zero-order valence-electron chi connectivity index (χ0n) is 14.9. The Kier molecular flexibility index (Phi) is 5.21. The van der Waals surface area contributed by atoms with Gasteiger partial charge in [0.15, 0.2) is 5.82 Å². The summed E-state index contributed by atoms with van der Waals surface area (Å²) in [7, 11) is 0. The monoisotopic (exact) mass is 332 g/mol. The number of fused-ring (bicyclic) bond motifs is 1. The molecular formula is C18H28N4O2. The Morgan fingerprint density at radius 2 is 1.67 bits per heavy atom. The Bertz CT molecular complexity index is 613. The predicted molar refractivity (Wildman–Crippen MR) is 92.2 cm³/mol. The van der Waals surface area contributed by atoms with Crippen molar-refractivity contribution in [3.63, 3.8) is 0 Å². The molecule has 0 atom stereocenters. The lowest BCUT2D eigenvalue weighted by Crippen LogP contribution is -2.36. The fraction of sp³-hybridized carbons (Fsp3) is 0.722. The SMILES string of the molecule is CCN(CC)C(=O)c1nc(C(=O)N2CCCCC2)c2n1CCCC2. The molecule has 3 rings (SSSR count). The first-order valence-corrected chi connectivity index (χ1v) is 9.35. The van der Waals surface area contributed by atoms with E-state index in [0.717, 1.165) is 57.4 Å². The Morgan fingerprint density at radius 3 is 2.33 bits per heavy atom. The minimum absolute atomic E-state index is 0.0129. The number of rotatable bonds is 4. The highest BCUT2D eigenvalue weighted by Crippen LogP contribution is 2.24. The summed E-state index contributed by atoms with van der Waals surface area (Å²) in [6, 6.07) is 0. The zero-order chi connectivity index (χ0) is 17.1. The standard InChI is InChI=1S/C18H28N4O2/c1-3-20(4-2)18(24)16-19-15(14-10-6-9-13-22(14)16)17(23)21-11-7-5-8-12-21/h3-13H2,1-2H3. The number of imidazole rings is 1. The van der Waals surface area contributed by atoms with Gasteiger partial charge < -0.3 is 14.4 Å². The second-order valence-corrected chi connectivity index (χ2v) is 6.67. The lowest BCUT2D eigenvalue weighted by Gasteiger charge is -2.26. The molecule has 132 valence electrons. The van der Waals surface area contributed by atoms with Crippen molar-refractivity contribution in [2.24, 2.45) is 0 Å². The molecule has 0 N–H and O–H groups in total. The molecule has 1 fully saturated rings. The van der Waals surface area contributed by atoms with Gasteiger partial charge in [-0.1, -0.05) is 0 Å². The summed E-state index contributed by atoms with van der Waals surface area (Å²) in [4.78, 5) is 34.0. The molecule has 0 aliphatic carbocycles. The molecule has 2 aliphatic heterocycles. The molecule has 24 heavy (non-hydrogen) atoms. The quantitative estimate of drug-likeness (QED) is 0.850. The highest BCUT2D eigenvalue weighted by Gasteiger charge is 2.31. The Morgan fingerprint density at radius 1 is 1.00 bits per heavy atom. The number of aromatic nitrogens is 2. The zero-order valence-corrected chi connectivity index (χ0v) is 14.9. The van der Waals surface area contributed by atoms with E-state index < -0.39 is 0 Å². The van der Waals surface area contributed by atoms with Gasteiger partial charge in [0.1, 0.15) is 5.69 Å². The maximum absolute atomic E-state index is 12.9. The van der Waals surface area contributed by atoms with E-state index in [1.54, 1.807) is 4.90 Å². The molecule has 0 bridgehead atoms. The van der Waals surface area contributed by atoms with Crippen LogP contribution in [0.15, 0.2) is 0 Å². The second-order valence-electron chi connectivity index (χ2n) is 6.67. The summed E-state index contributed by atoms with van der Waals surface area (Å²) in [5.74, 6) is 0.411. The fourth-order valence-corrected chi connectivity index (χ4v) is 3.78. The summed E-state index contributed by atoms with van der Waals surface area (Å²) in [6.07, 6.45) is 6.26. The molecule has 2 amide bonds. The number of hydrogen-bond donors (Lipinski definition) is 0. The third-order valence-corrected chi connectivity index (χ3v) is 5.21. The number of amides is 2. The van der Waals surface area contributed by atoms with E-state index in [4.69, 9.17) is 0 Å². The summed E-state index contributed by atoms with van der Waals surface area (Å²) >= 11 is 0. The third-order valence-electron chi connectivity index (χ3n) is 5.21. The summed E-state index contributed by atoms with van der Waals surface area (Å²) in [6.45, 7) is 7.68. The molecule has 0 spiro atoms. The summed E-state index contributed by atoms with van der Waals surface area (Å²) < 4.78 is 2.00. The molecular weight excluding hydrogens is 304 g/mol. The highest BCUT2D eigenvalue weighted by molar-refractivity contribution is 5.97. The van der Waals surface area contributed by atoms with Gasteiger partial charge in [-0.25, -0.2) is 4.98 Å². The summed E-state index contributed by atoms with van der Waals surface area (Å²) in [5, 5.41) is 0. The van der Waals surface area contributed by atoms with Crippen molar-refractivity contribution in [1.82, 2.24) is 19.4 Å². The summed E-state index contributed by atoms with van der Waals surface area (Å²) in [5.41, 5.74) is 1.49. The molecule has 1 saturated heterocycles. The van der Waals surface area contributed by atoms with E-state index in [1.165, 1.54) is 6.42 Å². The molecule has 3 heterocycles. The van der Waals surface area contributed by atoms with Gasteiger partial charge in [-0.15, -0.1) is 0 Å². The van der Waals surface area contributed by atoms with Crippen LogP contribution in [-0.2, 0) is 13.0 Å². The molecule has 1 aromatic heterocycles. The van der Waals surface area contributed by atoms with Crippen molar-refractivity contribution in [1.29, 1.82) is 0 Å².